The number of aromatic nitrogens is 2. The molecular weight excluding hydrogens is 473 g/mol. The van der Waals surface area contributed by atoms with E-state index in [1.165, 1.54) is 23.5 Å². The molecule has 0 aliphatic heterocycles. The number of halogens is 1. The molecule has 2 heterocycles. The summed E-state index contributed by atoms with van der Waals surface area (Å²) in [5, 5.41) is 3.38. The number of benzene rings is 2. The monoisotopic (exact) mass is 499 g/mol. The van der Waals surface area contributed by atoms with E-state index in [1.54, 1.807) is 34.3 Å². The molecule has 2 aromatic carbocycles. The lowest BCUT2D eigenvalue weighted by Crippen LogP contribution is -2.07. The minimum atomic E-state index is -0.397. The van der Waals surface area contributed by atoms with Gasteiger partial charge in [0.2, 0.25) is 5.75 Å². The number of rotatable bonds is 9. The van der Waals surface area contributed by atoms with Crippen molar-refractivity contribution in [2.45, 2.75) is 20.4 Å². The van der Waals surface area contributed by atoms with E-state index in [0.717, 1.165) is 5.56 Å². The number of fused-ring (bicyclic) bond motifs is 1. The van der Waals surface area contributed by atoms with Crippen molar-refractivity contribution in [3.8, 4) is 28.5 Å². The molecule has 0 radical (unpaired) electrons. The third kappa shape index (κ3) is 4.61. The summed E-state index contributed by atoms with van der Waals surface area (Å²) in [6.07, 6.45) is 0. The average molecular weight is 500 g/mol. The van der Waals surface area contributed by atoms with Crippen LogP contribution in [0.25, 0.3) is 16.2 Å². The zero-order valence-electron chi connectivity index (χ0n) is 20.1. The molecule has 4 rings (SSSR count). The number of methoxy groups -OCH3 is 3. The van der Waals surface area contributed by atoms with Gasteiger partial charge in [0.15, 0.2) is 16.5 Å². The van der Waals surface area contributed by atoms with Gasteiger partial charge in [-0.15, -0.1) is 0 Å². The number of thiazole rings is 1. The topological polar surface area (TPSA) is 83.3 Å². The van der Waals surface area contributed by atoms with Gasteiger partial charge in [0.05, 0.1) is 27.9 Å². The van der Waals surface area contributed by atoms with Gasteiger partial charge in [-0.05, 0) is 43.7 Å². The molecule has 0 bridgehead atoms. The minimum Gasteiger partial charge on any atom is -0.493 e. The Hall–Kier alpha value is -3.79. The standard InChI is InChI=1S/C25H26FN3O5S/c1-6-34-24(30)22-14(2)29-23(27-13-15-8-7-9-17(26)10-15)20(28-25(29)35-22)16-11-18(31-3)21(33-5)19(12-16)32-4/h7-12,27H,6,13H2,1-5H3. The Kier molecular flexibility index (Phi) is 7.11. The Balaban J connectivity index is 1.88. The van der Waals surface area contributed by atoms with E-state index in [2.05, 4.69) is 5.32 Å². The lowest BCUT2D eigenvalue weighted by Gasteiger charge is -2.15. The maximum atomic E-state index is 13.8. The average Bonchev–Trinajstić information content (AvgIpc) is 3.38. The fourth-order valence-electron chi connectivity index (χ4n) is 3.85. The van der Waals surface area contributed by atoms with E-state index >= 15 is 0 Å². The largest absolute Gasteiger partial charge is 0.493 e. The first-order valence-electron chi connectivity index (χ1n) is 10.9. The van der Waals surface area contributed by atoms with E-state index < -0.39 is 5.97 Å². The molecule has 8 nitrogen and oxygen atoms in total. The van der Waals surface area contributed by atoms with Crippen LogP contribution in [0.1, 0.15) is 27.9 Å². The highest BCUT2D eigenvalue weighted by atomic mass is 32.1. The SMILES string of the molecule is CCOC(=O)c1sc2nc(-c3cc(OC)c(OC)c(OC)c3)c(NCc3cccc(F)c3)n2c1C. The van der Waals surface area contributed by atoms with Gasteiger partial charge in [-0.1, -0.05) is 23.5 Å². The first kappa shape index (κ1) is 24.3. The Morgan fingerprint density at radius 3 is 2.43 bits per heavy atom. The highest BCUT2D eigenvalue weighted by molar-refractivity contribution is 7.19. The second-order valence-electron chi connectivity index (χ2n) is 7.56. The summed E-state index contributed by atoms with van der Waals surface area (Å²) in [5.74, 6) is 1.36. The summed E-state index contributed by atoms with van der Waals surface area (Å²) >= 11 is 1.24. The van der Waals surface area contributed by atoms with E-state index in [0.29, 0.717) is 56.4 Å². The normalized spacial score (nSPS) is 10.9. The number of ether oxygens (including phenoxy) is 4. The molecule has 2 aromatic heterocycles. The second-order valence-corrected chi connectivity index (χ2v) is 8.54. The molecule has 35 heavy (non-hydrogen) atoms. The molecule has 0 fully saturated rings. The summed E-state index contributed by atoms with van der Waals surface area (Å²) in [4.78, 5) is 18.4. The number of esters is 1. The van der Waals surface area contributed by atoms with Crippen LogP contribution in [0, 0.1) is 12.7 Å². The number of nitrogens with zero attached hydrogens (tertiary/aromatic N) is 2. The van der Waals surface area contributed by atoms with Crippen molar-refractivity contribution in [3.05, 3.63) is 58.3 Å². The molecule has 4 aromatic rings. The molecule has 0 spiro atoms. The third-order valence-corrected chi connectivity index (χ3v) is 6.57. The molecule has 1 N–H and O–H groups in total. The summed E-state index contributed by atoms with van der Waals surface area (Å²) < 4.78 is 37.3. The van der Waals surface area contributed by atoms with Crippen molar-refractivity contribution in [1.82, 2.24) is 9.38 Å². The molecule has 0 saturated heterocycles. The van der Waals surface area contributed by atoms with Crippen molar-refractivity contribution in [2.24, 2.45) is 0 Å². The summed E-state index contributed by atoms with van der Waals surface area (Å²) in [5.41, 5.74) is 2.78. The van der Waals surface area contributed by atoms with E-state index in [1.807, 2.05) is 29.5 Å². The van der Waals surface area contributed by atoms with Gasteiger partial charge in [-0.2, -0.15) is 0 Å². The molecule has 0 atom stereocenters. The van der Waals surface area contributed by atoms with Crippen molar-refractivity contribution in [3.63, 3.8) is 0 Å². The predicted molar refractivity (Wildman–Crippen MR) is 133 cm³/mol. The van der Waals surface area contributed by atoms with Crippen LogP contribution in [0.15, 0.2) is 36.4 Å². The molecule has 10 heteroatoms. The number of imidazole rings is 1. The number of aryl methyl sites for hydroxylation is 1. The number of carbonyl (C=O) groups is 1. The van der Waals surface area contributed by atoms with Crippen LogP contribution < -0.4 is 19.5 Å². The van der Waals surface area contributed by atoms with Crippen molar-refractivity contribution >= 4 is 28.1 Å². The first-order chi connectivity index (χ1) is 16.9. The lowest BCUT2D eigenvalue weighted by atomic mass is 10.1. The van der Waals surface area contributed by atoms with Crippen molar-refractivity contribution in [2.75, 3.05) is 33.3 Å². The van der Waals surface area contributed by atoms with E-state index in [9.17, 15) is 9.18 Å². The molecule has 0 saturated carbocycles. The Bertz CT molecular complexity index is 1360. The van der Waals surface area contributed by atoms with Crippen LogP contribution in [0.4, 0.5) is 10.2 Å². The van der Waals surface area contributed by atoms with Crippen LogP contribution in [0.3, 0.4) is 0 Å². The summed E-state index contributed by atoms with van der Waals surface area (Å²) in [6.45, 7) is 4.22. The molecular formula is C25H26FN3O5S. The summed E-state index contributed by atoms with van der Waals surface area (Å²) in [7, 11) is 4.64. The molecule has 0 unspecified atom stereocenters. The number of anilines is 1. The van der Waals surface area contributed by atoms with Crippen LogP contribution in [0.5, 0.6) is 17.2 Å². The van der Waals surface area contributed by atoms with E-state index in [4.69, 9.17) is 23.9 Å². The van der Waals surface area contributed by atoms with Gasteiger partial charge in [0, 0.05) is 17.8 Å². The van der Waals surface area contributed by atoms with Gasteiger partial charge in [0.25, 0.3) is 0 Å². The van der Waals surface area contributed by atoms with Gasteiger partial charge < -0.3 is 24.3 Å². The third-order valence-electron chi connectivity index (χ3n) is 5.45. The predicted octanol–water partition coefficient (Wildman–Crippen LogP) is 5.32. The van der Waals surface area contributed by atoms with Gasteiger partial charge in [-0.25, -0.2) is 14.2 Å². The second kappa shape index (κ2) is 10.2. The van der Waals surface area contributed by atoms with Crippen LogP contribution in [-0.2, 0) is 11.3 Å². The van der Waals surface area contributed by atoms with Gasteiger partial charge >= 0.3 is 5.97 Å². The smallest absolute Gasteiger partial charge is 0.350 e. The molecule has 0 amide bonds. The maximum Gasteiger partial charge on any atom is 0.350 e. The Morgan fingerprint density at radius 2 is 1.83 bits per heavy atom. The number of carbonyl (C=O) groups excluding carboxylic acids is 1. The number of hydrogen-bond donors (Lipinski definition) is 1. The van der Waals surface area contributed by atoms with Gasteiger partial charge in [-0.3, -0.25) is 4.40 Å². The van der Waals surface area contributed by atoms with E-state index in [-0.39, 0.29) is 12.4 Å². The van der Waals surface area contributed by atoms with Crippen molar-refractivity contribution < 1.29 is 28.1 Å². The Labute approximate surface area is 206 Å². The highest BCUT2D eigenvalue weighted by Gasteiger charge is 2.25. The number of nitrogens with one attached hydrogen (secondary N) is 1. The molecule has 0 aliphatic rings. The van der Waals surface area contributed by atoms with Gasteiger partial charge in [0.1, 0.15) is 22.2 Å². The molecule has 184 valence electrons. The quantitative estimate of drug-likeness (QED) is 0.312. The van der Waals surface area contributed by atoms with Crippen LogP contribution in [-0.4, -0.2) is 43.3 Å². The zero-order chi connectivity index (χ0) is 25.1. The van der Waals surface area contributed by atoms with Crippen molar-refractivity contribution in [1.29, 1.82) is 0 Å². The highest BCUT2D eigenvalue weighted by Crippen LogP contribution is 2.43. The molecule has 0 aliphatic carbocycles. The minimum absolute atomic E-state index is 0.278. The number of hydrogen-bond acceptors (Lipinski definition) is 8. The first-order valence-corrected chi connectivity index (χ1v) is 11.7. The lowest BCUT2D eigenvalue weighted by molar-refractivity contribution is 0.0531. The zero-order valence-corrected chi connectivity index (χ0v) is 20.9. The van der Waals surface area contributed by atoms with Crippen LogP contribution >= 0.6 is 11.3 Å². The fourth-order valence-corrected chi connectivity index (χ4v) is 4.87. The summed E-state index contributed by atoms with van der Waals surface area (Å²) in [6, 6.07) is 9.97. The maximum absolute atomic E-state index is 13.8. The Morgan fingerprint density at radius 1 is 1.11 bits per heavy atom. The fraction of sp³-hybridized carbons (Fsp3) is 0.280. The van der Waals surface area contributed by atoms with Crippen LogP contribution in [0.2, 0.25) is 0 Å².